The van der Waals surface area contributed by atoms with E-state index in [1.807, 2.05) is 13.0 Å². The van der Waals surface area contributed by atoms with Crippen LogP contribution in [0.25, 0.3) is 0 Å². The summed E-state index contributed by atoms with van der Waals surface area (Å²) in [6, 6.07) is 9.32. The molecule has 0 N–H and O–H groups in total. The third-order valence-electron chi connectivity index (χ3n) is 5.23. The molecule has 1 atom stereocenters. The number of benzene rings is 1. The lowest BCUT2D eigenvalue weighted by molar-refractivity contribution is 0.101. The maximum Gasteiger partial charge on any atom is 0.119 e. The summed E-state index contributed by atoms with van der Waals surface area (Å²) >= 11 is 0. The minimum absolute atomic E-state index is 0.735. The average Bonchev–Trinajstić information content (AvgIpc) is 3.04. The first kappa shape index (κ1) is 16.7. The van der Waals surface area contributed by atoms with Gasteiger partial charge in [-0.3, -0.25) is 9.80 Å². The van der Waals surface area contributed by atoms with Crippen molar-refractivity contribution in [1.82, 2.24) is 14.7 Å². The van der Waals surface area contributed by atoms with Gasteiger partial charge < -0.3 is 9.64 Å². The number of ether oxygens (including phenoxy) is 1. The number of hydrogen-bond donors (Lipinski definition) is 0. The maximum absolute atomic E-state index is 5.62. The van der Waals surface area contributed by atoms with Crippen LogP contribution in [0.15, 0.2) is 24.3 Å². The number of likely N-dealkylation sites (tertiary alicyclic amines) is 1. The topological polar surface area (TPSA) is 19.0 Å². The van der Waals surface area contributed by atoms with Crippen molar-refractivity contribution in [3.05, 3.63) is 29.8 Å². The lowest BCUT2D eigenvalue weighted by Gasteiger charge is -2.37. The van der Waals surface area contributed by atoms with Gasteiger partial charge in [0.2, 0.25) is 0 Å². The highest BCUT2D eigenvalue weighted by Crippen LogP contribution is 2.21. The molecule has 2 saturated heterocycles. The quantitative estimate of drug-likeness (QED) is 0.801. The molecule has 2 fully saturated rings. The molecule has 0 bridgehead atoms. The number of hydrogen-bond acceptors (Lipinski definition) is 4. The van der Waals surface area contributed by atoms with Crippen molar-refractivity contribution < 1.29 is 4.74 Å². The fourth-order valence-electron chi connectivity index (χ4n) is 3.86. The highest BCUT2D eigenvalue weighted by Gasteiger charge is 2.29. The summed E-state index contributed by atoms with van der Waals surface area (Å²) in [7, 11) is 0. The number of nitrogens with zero attached hydrogens (tertiary/aromatic N) is 3. The highest BCUT2D eigenvalue weighted by molar-refractivity contribution is 5.28. The molecular weight excluding hydrogens is 286 g/mol. The van der Waals surface area contributed by atoms with Crippen LogP contribution < -0.4 is 4.74 Å². The molecule has 0 amide bonds. The van der Waals surface area contributed by atoms with Crippen LogP contribution in [-0.2, 0) is 6.54 Å². The zero-order valence-electron chi connectivity index (χ0n) is 14.7. The van der Waals surface area contributed by atoms with Gasteiger partial charge in [-0.15, -0.1) is 0 Å². The van der Waals surface area contributed by atoms with Crippen LogP contribution in [0, 0.1) is 0 Å². The van der Waals surface area contributed by atoms with Crippen LogP contribution in [0.2, 0.25) is 0 Å². The maximum atomic E-state index is 5.62. The van der Waals surface area contributed by atoms with Gasteiger partial charge in [0.1, 0.15) is 5.75 Å². The Bertz CT molecular complexity index is 485. The van der Waals surface area contributed by atoms with Gasteiger partial charge in [-0.05, 0) is 37.6 Å². The molecule has 4 nitrogen and oxygen atoms in total. The minimum Gasteiger partial charge on any atom is -0.494 e. The smallest absolute Gasteiger partial charge is 0.119 e. The van der Waals surface area contributed by atoms with Crippen LogP contribution in [-0.4, -0.2) is 73.2 Å². The molecule has 4 heteroatoms. The lowest BCUT2D eigenvalue weighted by Crippen LogP contribution is -2.50. The summed E-state index contributed by atoms with van der Waals surface area (Å²) in [4.78, 5) is 7.87. The van der Waals surface area contributed by atoms with E-state index in [0.717, 1.165) is 24.9 Å². The molecular formula is C19H31N3O. The summed E-state index contributed by atoms with van der Waals surface area (Å²) in [5.41, 5.74) is 1.37. The number of likely N-dealkylation sites (N-methyl/N-ethyl adjacent to an activating group) is 1. The largest absolute Gasteiger partial charge is 0.494 e. The van der Waals surface area contributed by atoms with E-state index in [4.69, 9.17) is 4.74 Å². The molecule has 2 aliphatic rings. The second-order valence-corrected chi connectivity index (χ2v) is 6.73. The zero-order chi connectivity index (χ0) is 16.1. The van der Waals surface area contributed by atoms with Crippen molar-refractivity contribution in [2.75, 3.05) is 52.4 Å². The summed E-state index contributed by atoms with van der Waals surface area (Å²) in [6.07, 6.45) is 1.32. The fourth-order valence-corrected chi connectivity index (χ4v) is 3.86. The molecule has 0 spiro atoms. The number of piperazine rings is 1. The Morgan fingerprint density at radius 1 is 1.04 bits per heavy atom. The van der Waals surface area contributed by atoms with E-state index in [0.29, 0.717) is 0 Å². The molecule has 0 aliphatic carbocycles. The Kier molecular flexibility index (Phi) is 5.92. The predicted molar refractivity (Wildman–Crippen MR) is 95.0 cm³/mol. The van der Waals surface area contributed by atoms with E-state index in [-0.39, 0.29) is 0 Å². The Morgan fingerprint density at radius 2 is 1.87 bits per heavy atom. The Hall–Kier alpha value is -1.10. The predicted octanol–water partition coefficient (Wildman–Crippen LogP) is 2.30. The van der Waals surface area contributed by atoms with Crippen LogP contribution >= 0.6 is 0 Å². The minimum atomic E-state index is 0.735. The molecule has 3 rings (SSSR count). The monoisotopic (exact) mass is 317 g/mol. The first-order chi connectivity index (χ1) is 11.3. The third kappa shape index (κ3) is 4.46. The van der Waals surface area contributed by atoms with Gasteiger partial charge in [0, 0.05) is 51.9 Å². The molecule has 0 aromatic heterocycles. The second kappa shape index (κ2) is 8.13. The zero-order valence-corrected chi connectivity index (χ0v) is 14.7. The molecule has 2 heterocycles. The molecule has 0 radical (unpaired) electrons. The average molecular weight is 317 g/mol. The molecule has 128 valence electrons. The van der Waals surface area contributed by atoms with Crippen LogP contribution in [0.5, 0.6) is 5.75 Å². The molecule has 1 aromatic rings. The van der Waals surface area contributed by atoms with Crippen molar-refractivity contribution in [1.29, 1.82) is 0 Å². The first-order valence-electron chi connectivity index (χ1n) is 9.19. The van der Waals surface area contributed by atoms with Crippen LogP contribution in [0.1, 0.15) is 25.8 Å². The SMILES string of the molecule is CCOc1cccc(CN2CCC(N3CCN(CC)CC3)C2)c1. The molecule has 0 saturated carbocycles. The van der Waals surface area contributed by atoms with E-state index in [2.05, 4.69) is 39.8 Å². The number of rotatable bonds is 6. The van der Waals surface area contributed by atoms with Gasteiger partial charge in [0.15, 0.2) is 0 Å². The van der Waals surface area contributed by atoms with E-state index in [1.54, 1.807) is 0 Å². The lowest BCUT2D eigenvalue weighted by atomic mass is 10.2. The van der Waals surface area contributed by atoms with Crippen molar-refractivity contribution in [2.24, 2.45) is 0 Å². The van der Waals surface area contributed by atoms with Crippen LogP contribution in [0.3, 0.4) is 0 Å². The molecule has 1 aromatic carbocycles. The van der Waals surface area contributed by atoms with E-state index >= 15 is 0 Å². The van der Waals surface area contributed by atoms with Crippen molar-refractivity contribution in [2.45, 2.75) is 32.9 Å². The van der Waals surface area contributed by atoms with Gasteiger partial charge in [-0.1, -0.05) is 19.1 Å². The van der Waals surface area contributed by atoms with Gasteiger partial charge in [-0.25, -0.2) is 0 Å². The van der Waals surface area contributed by atoms with Gasteiger partial charge >= 0.3 is 0 Å². The van der Waals surface area contributed by atoms with Gasteiger partial charge in [-0.2, -0.15) is 0 Å². The molecule has 23 heavy (non-hydrogen) atoms. The highest BCUT2D eigenvalue weighted by atomic mass is 16.5. The molecule has 1 unspecified atom stereocenters. The van der Waals surface area contributed by atoms with Crippen LogP contribution in [0.4, 0.5) is 0 Å². The summed E-state index contributed by atoms with van der Waals surface area (Å²) in [6.45, 7) is 14.7. The van der Waals surface area contributed by atoms with E-state index in [9.17, 15) is 0 Å². The van der Waals surface area contributed by atoms with Gasteiger partial charge in [0.25, 0.3) is 0 Å². The standard InChI is InChI=1S/C19H31N3O/c1-3-20-10-12-22(13-11-20)18-8-9-21(16-18)15-17-6-5-7-19(14-17)23-4-2/h5-7,14,18H,3-4,8-13,15-16H2,1-2H3. The van der Waals surface area contributed by atoms with Gasteiger partial charge in [0.05, 0.1) is 6.61 Å². The summed E-state index contributed by atoms with van der Waals surface area (Å²) in [5.74, 6) is 0.997. The van der Waals surface area contributed by atoms with E-state index in [1.165, 1.54) is 57.8 Å². The summed E-state index contributed by atoms with van der Waals surface area (Å²) in [5, 5.41) is 0. The normalized spacial score (nSPS) is 24.2. The second-order valence-electron chi connectivity index (χ2n) is 6.73. The summed E-state index contributed by atoms with van der Waals surface area (Å²) < 4.78 is 5.62. The molecule has 2 aliphatic heterocycles. The first-order valence-corrected chi connectivity index (χ1v) is 9.19. The third-order valence-corrected chi connectivity index (χ3v) is 5.23. The fraction of sp³-hybridized carbons (Fsp3) is 0.684. The van der Waals surface area contributed by atoms with Crippen molar-refractivity contribution in [3.63, 3.8) is 0 Å². The Balaban J connectivity index is 1.49. The van der Waals surface area contributed by atoms with Crippen molar-refractivity contribution in [3.8, 4) is 5.75 Å². The van der Waals surface area contributed by atoms with E-state index < -0.39 is 0 Å². The Labute approximate surface area is 141 Å². The Morgan fingerprint density at radius 3 is 2.61 bits per heavy atom. The van der Waals surface area contributed by atoms with Crippen molar-refractivity contribution >= 4 is 0 Å².